The van der Waals surface area contributed by atoms with Crippen molar-refractivity contribution in [1.82, 2.24) is 14.9 Å². The van der Waals surface area contributed by atoms with Crippen molar-refractivity contribution in [3.63, 3.8) is 0 Å². The molecule has 2 aromatic heterocycles. The Bertz CT molecular complexity index is 1050. The minimum atomic E-state index is -0.255. The van der Waals surface area contributed by atoms with Crippen molar-refractivity contribution in [2.24, 2.45) is 0 Å². The predicted octanol–water partition coefficient (Wildman–Crippen LogP) is 4.26. The summed E-state index contributed by atoms with van der Waals surface area (Å²) in [6.45, 7) is 1.12. The molecule has 0 aliphatic carbocycles. The van der Waals surface area contributed by atoms with Gasteiger partial charge in [0.05, 0.1) is 6.33 Å². The Balaban J connectivity index is 1.48. The largest absolute Gasteiger partial charge is 0.451 e. The first kappa shape index (κ1) is 16.4. The fourth-order valence-corrected chi connectivity index (χ4v) is 3.03. The Labute approximate surface area is 155 Å². The molecule has 0 fully saturated rings. The number of nitrogens with zero attached hydrogens (tertiary/aromatic N) is 2. The molecule has 0 bridgehead atoms. The lowest BCUT2D eigenvalue weighted by atomic mass is 10.1. The van der Waals surface area contributed by atoms with Gasteiger partial charge in [-0.05, 0) is 35.4 Å². The molecule has 0 aliphatic rings. The van der Waals surface area contributed by atoms with Gasteiger partial charge in [-0.15, -0.1) is 0 Å². The number of hydrogen-bond acceptors (Lipinski definition) is 3. The van der Waals surface area contributed by atoms with Gasteiger partial charge in [0.25, 0.3) is 5.91 Å². The average molecular weight is 366 g/mol. The number of hydrogen-bond donors (Lipinski definition) is 1. The van der Waals surface area contributed by atoms with Gasteiger partial charge in [0, 0.05) is 35.9 Å². The molecule has 0 spiro atoms. The molecular weight excluding hydrogens is 350 g/mol. The summed E-state index contributed by atoms with van der Waals surface area (Å²) < 4.78 is 7.60. The zero-order valence-corrected chi connectivity index (χ0v) is 14.6. The number of carbonyl (C=O) groups excluding carboxylic acids is 1. The van der Waals surface area contributed by atoms with Crippen LogP contribution in [0.5, 0.6) is 0 Å². The normalized spacial score (nSPS) is 11.0. The highest BCUT2D eigenvalue weighted by Crippen LogP contribution is 2.23. The second-order valence-electron chi connectivity index (χ2n) is 5.98. The summed E-state index contributed by atoms with van der Waals surface area (Å²) in [7, 11) is 0. The number of nitrogens with one attached hydrogen (secondary N) is 1. The van der Waals surface area contributed by atoms with Crippen LogP contribution in [0.4, 0.5) is 0 Å². The molecule has 1 amide bonds. The maximum absolute atomic E-state index is 12.4. The third kappa shape index (κ3) is 3.48. The van der Waals surface area contributed by atoms with E-state index in [0.717, 1.165) is 16.5 Å². The van der Waals surface area contributed by atoms with Crippen LogP contribution in [0.3, 0.4) is 0 Å². The number of benzene rings is 2. The van der Waals surface area contributed by atoms with Gasteiger partial charge >= 0.3 is 0 Å². The number of furan rings is 1. The molecule has 6 heteroatoms. The highest BCUT2D eigenvalue weighted by atomic mass is 35.5. The first-order valence-electron chi connectivity index (χ1n) is 8.19. The number of carbonyl (C=O) groups is 1. The standard InChI is InChI=1S/C20H16ClN3O2/c21-17-5-6-18-16(9-17)10-19(26-18)20(25)23-11-14-3-1-2-4-15(14)12-24-8-7-22-13-24/h1-10,13H,11-12H2,(H,23,25). The maximum atomic E-state index is 12.4. The minimum absolute atomic E-state index is 0.255. The third-order valence-corrected chi connectivity index (χ3v) is 4.41. The summed E-state index contributed by atoms with van der Waals surface area (Å²) >= 11 is 5.98. The molecule has 0 saturated heterocycles. The molecular formula is C20H16ClN3O2. The van der Waals surface area contributed by atoms with Gasteiger partial charge in [0.2, 0.25) is 0 Å². The van der Waals surface area contributed by atoms with Crippen LogP contribution in [0.1, 0.15) is 21.7 Å². The fourth-order valence-electron chi connectivity index (χ4n) is 2.85. The summed E-state index contributed by atoms with van der Waals surface area (Å²) in [5.74, 6) is 0.0177. The second-order valence-corrected chi connectivity index (χ2v) is 6.42. The van der Waals surface area contributed by atoms with E-state index in [1.165, 1.54) is 0 Å². The summed E-state index contributed by atoms with van der Waals surface area (Å²) in [4.78, 5) is 16.5. The van der Waals surface area contributed by atoms with Crippen molar-refractivity contribution in [1.29, 1.82) is 0 Å². The number of fused-ring (bicyclic) bond motifs is 1. The molecule has 2 heterocycles. The Morgan fingerprint density at radius 3 is 2.81 bits per heavy atom. The van der Waals surface area contributed by atoms with Gasteiger partial charge in [0.15, 0.2) is 5.76 Å². The van der Waals surface area contributed by atoms with Gasteiger partial charge in [-0.1, -0.05) is 35.9 Å². The van der Waals surface area contributed by atoms with Gasteiger partial charge < -0.3 is 14.3 Å². The molecule has 0 saturated carbocycles. The van der Waals surface area contributed by atoms with Crippen LogP contribution in [0.25, 0.3) is 11.0 Å². The van der Waals surface area contributed by atoms with Crippen LogP contribution in [0.2, 0.25) is 5.02 Å². The molecule has 26 heavy (non-hydrogen) atoms. The molecule has 5 nitrogen and oxygen atoms in total. The highest BCUT2D eigenvalue weighted by molar-refractivity contribution is 6.31. The van der Waals surface area contributed by atoms with Crippen LogP contribution in [-0.2, 0) is 13.1 Å². The Morgan fingerprint density at radius 2 is 2.00 bits per heavy atom. The van der Waals surface area contributed by atoms with E-state index in [1.807, 2.05) is 35.0 Å². The van der Waals surface area contributed by atoms with Crippen LogP contribution < -0.4 is 5.32 Å². The molecule has 0 unspecified atom stereocenters. The monoisotopic (exact) mass is 365 g/mol. The van der Waals surface area contributed by atoms with Gasteiger partial charge in [0.1, 0.15) is 5.58 Å². The summed E-state index contributed by atoms with van der Waals surface area (Å²) in [5, 5.41) is 4.34. The van der Waals surface area contributed by atoms with Crippen LogP contribution in [0, 0.1) is 0 Å². The first-order chi connectivity index (χ1) is 12.7. The van der Waals surface area contributed by atoms with E-state index in [4.69, 9.17) is 16.0 Å². The molecule has 2 aromatic carbocycles. The zero-order valence-electron chi connectivity index (χ0n) is 13.9. The van der Waals surface area contributed by atoms with Gasteiger partial charge in [-0.3, -0.25) is 4.79 Å². The zero-order chi connectivity index (χ0) is 17.9. The van der Waals surface area contributed by atoms with E-state index in [0.29, 0.717) is 23.7 Å². The molecule has 4 rings (SSSR count). The molecule has 130 valence electrons. The quantitative estimate of drug-likeness (QED) is 0.574. The Kier molecular flexibility index (Phi) is 4.46. The maximum Gasteiger partial charge on any atom is 0.287 e. The molecule has 0 atom stereocenters. The van der Waals surface area contributed by atoms with Crippen molar-refractivity contribution in [3.8, 4) is 0 Å². The Hall–Kier alpha value is -3.05. The predicted molar refractivity (Wildman–Crippen MR) is 100 cm³/mol. The lowest BCUT2D eigenvalue weighted by Gasteiger charge is -2.10. The third-order valence-electron chi connectivity index (χ3n) is 4.17. The molecule has 4 aromatic rings. The van der Waals surface area contributed by atoms with E-state index < -0.39 is 0 Å². The number of rotatable bonds is 5. The molecule has 1 N–H and O–H groups in total. The van der Waals surface area contributed by atoms with Crippen LogP contribution in [-0.4, -0.2) is 15.5 Å². The minimum Gasteiger partial charge on any atom is -0.451 e. The first-order valence-corrected chi connectivity index (χ1v) is 8.57. The lowest BCUT2D eigenvalue weighted by molar-refractivity contribution is 0.0925. The van der Waals surface area contributed by atoms with Crippen molar-refractivity contribution >= 4 is 28.5 Å². The van der Waals surface area contributed by atoms with Crippen molar-refractivity contribution < 1.29 is 9.21 Å². The summed E-state index contributed by atoms with van der Waals surface area (Å²) in [6.07, 6.45) is 5.43. The highest BCUT2D eigenvalue weighted by Gasteiger charge is 2.13. The Morgan fingerprint density at radius 1 is 1.15 bits per heavy atom. The summed E-state index contributed by atoms with van der Waals surface area (Å²) in [5.41, 5.74) is 2.82. The SMILES string of the molecule is O=C(NCc1ccccc1Cn1ccnc1)c1cc2cc(Cl)ccc2o1. The van der Waals surface area contributed by atoms with Gasteiger partial charge in [-0.2, -0.15) is 0 Å². The van der Waals surface area contributed by atoms with Crippen molar-refractivity contribution in [2.45, 2.75) is 13.1 Å². The number of amides is 1. The number of aromatic nitrogens is 2. The molecule has 0 radical (unpaired) electrons. The lowest BCUT2D eigenvalue weighted by Crippen LogP contribution is -2.23. The van der Waals surface area contributed by atoms with Crippen molar-refractivity contribution in [3.05, 3.63) is 89.2 Å². The topological polar surface area (TPSA) is 60.1 Å². The number of halogens is 1. The smallest absolute Gasteiger partial charge is 0.287 e. The second kappa shape index (κ2) is 7.06. The van der Waals surface area contributed by atoms with E-state index in [9.17, 15) is 4.79 Å². The fraction of sp³-hybridized carbons (Fsp3) is 0.100. The van der Waals surface area contributed by atoms with Crippen molar-refractivity contribution in [2.75, 3.05) is 0 Å². The number of imidazole rings is 1. The van der Waals surface area contributed by atoms with E-state index in [1.54, 1.807) is 36.8 Å². The van der Waals surface area contributed by atoms with Crippen LogP contribution in [0.15, 0.2) is 71.7 Å². The molecule has 0 aliphatic heterocycles. The van der Waals surface area contributed by atoms with E-state index in [-0.39, 0.29) is 11.7 Å². The summed E-state index contributed by atoms with van der Waals surface area (Å²) in [6, 6.07) is 15.0. The van der Waals surface area contributed by atoms with Crippen LogP contribution >= 0.6 is 11.6 Å². The average Bonchev–Trinajstić information content (AvgIpc) is 3.30. The van der Waals surface area contributed by atoms with E-state index >= 15 is 0 Å². The van der Waals surface area contributed by atoms with Gasteiger partial charge in [-0.25, -0.2) is 4.98 Å². The van der Waals surface area contributed by atoms with E-state index in [2.05, 4.69) is 10.3 Å².